The van der Waals surface area contributed by atoms with Gasteiger partial charge in [0, 0.05) is 11.6 Å². The minimum Gasteiger partial charge on any atom is -0.461 e. The van der Waals surface area contributed by atoms with Crippen LogP contribution in [0.3, 0.4) is 0 Å². The van der Waals surface area contributed by atoms with Gasteiger partial charge in [0.2, 0.25) is 5.76 Å². The maximum Gasteiger partial charge on any atom is 0.251 e. The Hall–Kier alpha value is -2.82. The van der Waals surface area contributed by atoms with Gasteiger partial charge in [0.25, 0.3) is 5.91 Å². The zero-order valence-corrected chi connectivity index (χ0v) is 10.6. The molecule has 0 radical (unpaired) electrons. The molecule has 0 unspecified atom stereocenters. The van der Waals surface area contributed by atoms with Crippen LogP contribution < -0.4 is 5.32 Å². The fourth-order valence-electron chi connectivity index (χ4n) is 1.79. The van der Waals surface area contributed by atoms with Gasteiger partial charge in [-0.05, 0) is 24.3 Å². The van der Waals surface area contributed by atoms with Crippen molar-refractivity contribution in [2.24, 2.45) is 0 Å². The molecule has 20 heavy (non-hydrogen) atoms. The van der Waals surface area contributed by atoms with Gasteiger partial charge in [-0.3, -0.25) is 4.79 Å². The lowest BCUT2D eigenvalue weighted by atomic mass is 10.2. The summed E-state index contributed by atoms with van der Waals surface area (Å²) in [6.45, 7) is 0.304. The van der Waals surface area contributed by atoms with Gasteiger partial charge in [-0.1, -0.05) is 23.4 Å². The molecular formula is C15H12N2O3. The second kappa shape index (κ2) is 5.44. The number of hydrogen-bond acceptors (Lipinski definition) is 4. The molecule has 3 rings (SSSR count). The Kier molecular flexibility index (Phi) is 3.33. The van der Waals surface area contributed by atoms with Crippen LogP contribution in [0.5, 0.6) is 0 Å². The molecule has 100 valence electrons. The molecule has 5 nitrogen and oxygen atoms in total. The minimum atomic E-state index is -0.145. The highest BCUT2D eigenvalue weighted by Crippen LogP contribution is 2.20. The maximum atomic E-state index is 11.9. The molecule has 0 bridgehead atoms. The molecule has 3 aromatic rings. The van der Waals surface area contributed by atoms with Crippen molar-refractivity contribution in [1.82, 2.24) is 10.5 Å². The van der Waals surface area contributed by atoms with Crippen molar-refractivity contribution in [2.75, 3.05) is 0 Å². The first-order valence-corrected chi connectivity index (χ1v) is 6.15. The average Bonchev–Trinajstić information content (AvgIpc) is 3.16. The molecule has 1 N–H and O–H groups in total. The topological polar surface area (TPSA) is 68.3 Å². The number of carbonyl (C=O) groups is 1. The van der Waals surface area contributed by atoms with E-state index in [-0.39, 0.29) is 5.91 Å². The summed E-state index contributed by atoms with van der Waals surface area (Å²) in [6.07, 6.45) is 1.56. The number of nitrogens with zero attached hydrogens (tertiary/aromatic N) is 1. The van der Waals surface area contributed by atoms with E-state index in [4.69, 9.17) is 8.94 Å². The van der Waals surface area contributed by atoms with Gasteiger partial charge in [0.1, 0.15) is 5.69 Å². The first-order valence-electron chi connectivity index (χ1n) is 6.15. The first kappa shape index (κ1) is 12.2. The summed E-state index contributed by atoms with van der Waals surface area (Å²) in [4.78, 5) is 11.9. The quantitative estimate of drug-likeness (QED) is 0.790. The summed E-state index contributed by atoms with van der Waals surface area (Å²) in [5.41, 5.74) is 1.25. The Labute approximate surface area is 115 Å². The molecule has 2 aromatic heterocycles. The Balaban J connectivity index is 1.63. The predicted molar refractivity (Wildman–Crippen MR) is 71.8 cm³/mol. The van der Waals surface area contributed by atoms with Crippen LogP contribution in [-0.4, -0.2) is 11.1 Å². The summed E-state index contributed by atoms with van der Waals surface area (Å²) in [6, 6.07) is 14.3. The highest BCUT2D eigenvalue weighted by Gasteiger charge is 2.10. The molecule has 0 fully saturated rings. The smallest absolute Gasteiger partial charge is 0.251 e. The number of nitrogens with one attached hydrogen (secondary N) is 1. The Morgan fingerprint density at radius 3 is 2.70 bits per heavy atom. The van der Waals surface area contributed by atoms with E-state index in [9.17, 15) is 4.79 Å². The molecule has 0 spiro atoms. The fraction of sp³-hybridized carbons (Fsp3) is 0.0667. The average molecular weight is 268 g/mol. The Bertz CT molecular complexity index is 687. The van der Waals surface area contributed by atoms with Gasteiger partial charge in [-0.2, -0.15) is 0 Å². The molecular weight excluding hydrogens is 256 g/mol. The van der Waals surface area contributed by atoms with Crippen LogP contribution in [0.4, 0.5) is 0 Å². The van der Waals surface area contributed by atoms with Crippen molar-refractivity contribution >= 4 is 5.91 Å². The monoisotopic (exact) mass is 268 g/mol. The summed E-state index contributed by atoms with van der Waals surface area (Å²) in [5, 5.41) is 6.67. The number of furan rings is 1. The molecule has 2 heterocycles. The SMILES string of the molecule is O=C(NCc1cc(-c2ccco2)on1)c1ccccc1. The molecule has 1 aromatic carbocycles. The second-order valence-corrected chi connectivity index (χ2v) is 4.21. The number of amides is 1. The molecule has 0 saturated heterocycles. The van der Waals surface area contributed by atoms with Gasteiger partial charge in [-0.25, -0.2) is 0 Å². The van der Waals surface area contributed by atoms with E-state index < -0.39 is 0 Å². The van der Waals surface area contributed by atoms with Crippen LogP contribution in [0.15, 0.2) is 63.7 Å². The highest BCUT2D eigenvalue weighted by molar-refractivity contribution is 5.94. The number of carbonyl (C=O) groups excluding carboxylic acids is 1. The maximum absolute atomic E-state index is 11.9. The number of benzene rings is 1. The summed E-state index contributed by atoms with van der Waals surface area (Å²) < 4.78 is 10.4. The zero-order valence-electron chi connectivity index (χ0n) is 10.6. The largest absolute Gasteiger partial charge is 0.461 e. The lowest BCUT2D eigenvalue weighted by Crippen LogP contribution is -2.22. The summed E-state index contributed by atoms with van der Waals surface area (Å²) >= 11 is 0. The lowest BCUT2D eigenvalue weighted by Gasteiger charge is -2.01. The molecule has 0 aliphatic carbocycles. The zero-order chi connectivity index (χ0) is 13.8. The van der Waals surface area contributed by atoms with Crippen LogP contribution in [0.1, 0.15) is 16.1 Å². The van der Waals surface area contributed by atoms with E-state index in [0.29, 0.717) is 29.3 Å². The van der Waals surface area contributed by atoms with Crippen molar-refractivity contribution < 1.29 is 13.7 Å². The van der Waals surface area contributed by atoms with Crippen LogP contribution in [-0.2, 0) is 6.54 Å². The molecule has 1 amide bonds. The third-order valence-electron chi connectivity index (χ3n) is 2.79. The summed E-state index contributed by atoms with van der Waals surface area (Å²) in [5.74, 6) is 1.00. The highest BCUT2D eigenvalue weighted by atomic mass is 16.5. The van der Waals surface area contributed by atoms with Crippen LogP contribution >= 0.6 is 0 Å². The van der Waals surface area contributed by atoms with Gasteiger partial charge in [0.15, 0.2) is 5.76 Å². The van der Waals surface area contributed by atoms with Crippen molar-refractivity contribution in [2.45, 2.75) is 6.54 Å². The van der Waals surface area contributed by atoms with E-state index in [1.54, 1.807) is 36.6 Å². The van der Waals surface area contributed by atoms with Crippen molar-refractivity contribution in [3.8, 4) is 11.5 Å². The molecule has 0 aliphatic rings. The Morgan fingerprint density at radius 1 is 1.10 bits per heavy atom. The van der Waals surface area contributed by atoms with E-state index in [1.165, 1.54) is 0 Å². The van der Waals surface area contributed by atoms with E-state index >= 15 is 0 Å². The van der Waals surface area contributed by atoms with Crippen LogP contribution in [0.25, 0.3) is 11.5 Å². The standard InChI is InChI=1S/C15H12N2O3/c18-15(11-5-2-1-3-6-11)16-10-12-9-14(20-17-12)13-7-4-8-19-13/h1-9H,10H2,(H,16,18). The van der Waals surface area contributed by atoms with Crippen molar-refractivity contribution in [1.29, 1.82) is 0 Å². The van der Waals surface area contributed by atoms with E-state index in [0.717, 1.165) is 0 Å². The van der Waals surface area contributed by atoms with Gasteiger partial charge in [-0.15, -0.1) is 0 Å². The molecule has 0 aliphatic heterocycles. The van der Waals surface area contributed by atoms with Gasteiger partial charge < -0.3 is 14.3 Å². The van der Waals surface area contributed by atoms with Gasteiger partial charge in [0.05, 0.1) is 12.8 Å². The first-order chi connectivity index (χ1) is 9.83. The second-order valence-electron chi connectivity index (χ2n) is 4.21. The van der Waals surface area contributed by atoms with Crippen LogP contribution in [0.2, 0.25) is 0 Å². The molecule has 0 atom stereocenters. The van der Waals surface area contributed by atoms with Crippen molar-refractivity contribution in [3.05, 3.63) is 66.1 Å². The molecule has 0 saturated carbocycles. The third-order valence-corrected chi connectivity index (χ3v) is 2.79. The van der Waals surface area contributed by atoms with E-state index in [2.05, 4.69) is 10.5 Å². The minimum absolute atomic E-state index is 0.145. The lowest BCUT2D eigenvalue weighted by molar-refractivity contribution is 0.0950. The summed E-state index contributed by atoms with van der Waals surface area (Å²) in [7, 11) is 0. The van der Waals surface area contributed by atoms with Crippen LogP contribution in [0, 0.1) is 0 Å². The van der Waals surface area contributed by atoms with Crippen molar-refractivity contribution in [3.63, 3.8) is 0 Å². The normalized spacial score (nSPS) is 10.4. The van der Waals surface area contributed by atoms with E-state index in [1.807, 2.05) is 18.2 Å². The number of hydrogen-bond donors (Lipinski definition) is 1. The predicted octanol–water partition coefficient (Wildman–Crippen LogP) is 2.86. The number of rotatable bonds is 4. The molecule has 5 heteroatoms. The third kappa shape index (κ3) is 2.61. The fourth-order valence-corrected chi connectivity index (χ4v) is 1.79. The van der Waals surface area contributed by atoms with Gasteiger partial charge >= 0.3 is 0 Å². The number of aromatic nitrogens is 1. The Morgan fingerprint density at radius 2 is 1.95 bits per heavy atom.